The van der Waals surface area contributed by atoms with E-state index in [0.717, 1.165) is 0 Å². The lowest BCUT2D eigenvalue weighted by atomic mass is 10.1. The van der Waals surface area contributed by atoms with Gasteiger partial charge in [0.25, 0.3) is 0 Å². The van der Waals surface area contributed by atoms with E-state index in [1.165, 1.54) is 0 Å². The van der Waals surface area contributed by atoms with Gasteiger partial charge in [0, 0.05) is 17.5 Å². The van der Waals surface area contributed by atoms with Gasteiger partial charge in [-0.15, -0.1) is 0 Å². The van der Waals surface area contributed by atoms with Crippen LogP contribution < -0.4 is 5.32 Å². The zero-order valence-corrected chi connectivity index (χ0v) is 9.49. The first kappa shape index (κ1) is 11.4. The number of rotatable bonds is 3. The van der Waals surface area contributed by atoms with E-state index in [1.54, 1.807) is 24.3 Å². The van der Waals surface area contributed by atoms with Crippen LogP contribution in [0.1, 0.15) is 35.7 Å². The van der Waals surface area contributed by atoms with Crippen molar-refractivity contribution < 1.29 is 14.7 Å². The molecule has 1 aromatic carbocycles. The van der Waals surface area contributed by atoms with Gasteiger partial charge in [-0.05, 0) is 6.42 Å². The fraction of sp³-hybridized carbons (Fsp3) is 0.231. The number of Topliss-reactive ketones (excluding diaryl/α,β-unsaturated/α-hetero) is 1. The van der Waals surface area contributed by atoms with Crippen molar-refractivity contribution >= 4 is 17.4 Å². The molecule has 0 saturated heterocycles. The average molecular weight is 231 g/mol. The molecule has 4 nitrogen and oxygen atoms in total. The SMILES string of the molecule is CCCC(=O)NC1=C(O)c2ccccc2C1=O. The third-order valence-corrected chi connectivity index (χ3v) is 2.63. The minimum Gasteiger partial charge on any atom is -0.505 e. The quantitative estimate of drug-likeness (QED) is 0.836. The normalized spacial score (nSPS) is 13.8. The van der Waals surface area contributed by atoms with E-state index in [0.29, 0.717) is 24.0 Å². The summed E-state index contributed by atoms with van der Waals surface area (Å²) < 4.78 is 0. The summed E-state index contributed by atoms with van der Waals surface area (Å²) in [5.74, 6) is -0.729. The Bertz CT molecular complexity index is 517. The molecule has 17 heavy (non-hydrogen) atoms. The summed E-state index contributed by atoms with van der Waals surface area (Å²) in [5, 5.41) is 12.3. The number of carbonyl (C=O) groups is 2. The van der Waals surface area contributed by atoms with Gasteiger partial charge in [-0.1, -0.05) is 31.2 Å². The first-order valence-corrected chi connectivity index (χ1v) is 5.52. The molecule has 1 aromatic rings. The Morgan fingerprint density at radius 2 is 1.94 bits per heavy atom. The number of hydrogen-bond acceptors (Lipinski definition) is 3. The predicted octanol–water partition coefficient (Wildman–Crippen LogP) is 2.03. The smallest absolute Gasteiger partial charge is 0.224 e. The lowest BCUT2D eigenvalue weighted by molar-refractivity contribution is -0.120. The Morgan fingerprint density at radius 3 is 2.53 bits per heavy atom. The maximum absolute atomic E-state index is 11.9. The largest absolute Gasteiger partial charge is 0.505 e. The third kappa shape index (κ3) is 1.93. The Hall–Kier alpha value is -2.10. The van der Waals surface area contributed by atoms with E-state index < -0.39 is 0 Å². The van der Waals surface area contributed by atoms with Crippen LogP contribution in [0, 0.1) is 0 Å². The minimum atomic E-state index is -0.331. The lowest BCUT2D eigenvalue weighted by Gasteiger charge is -2.03. The van der Waals surface area contributed by atoms with Crippen LogP contribution in [-0.4, -0.2) is 16.8 Å². The zero-order chi connectivity index (χ0) is 12.4. The fourth-order valence-electron chi connectivity index (χ4n) is 1.81. The van der Waals surface area contributed by atoms with Crippen molar-refractivity contribution in [1.82, 2.24) is 5.32 Å². The standard InChI is InChI=1S/C13H13NO3/c1-2-5-10(15)14-11-12(16)8-6-3-4-7-9(8)13(11)17/h3-4,6-7H,2,5H2,1H3,(H2,14,15,16,17). The first-order valence-electron chi connectivity index (χ1n) is 5.52. The second-order valence-electron chi connectivity index (χ2n) is 3.90. The number of aliphatic hydroxyl groups is 1. The highest BCUT2D eigenvalue weighted by Crippen LogP contribution is 2.29. The van der Waals surface area contributed by atoms with E-state index in [4.69, 9.17) is 0 Å². The topological polar surface area (TPSA) is 66.4 Å². The molecule has 0 spiro atoms. The van der Waals surface area contributed by atoms with Gasteiger partial charge >= 0.3 is 0 Å². The number of aliphatic hydroxyl groups excluding tert-OH is 1. The Labute approximate surface area is 99.0 Å². The van der Waals surface area contributed by atoms with E-state index >= 15 is 0 Å². The minimum absolute atomic E-state index is 0.00958. The molecule has 1 aliphatic carbocycles. The maximum atomic E-state index is 11.9. The van der Waals surface area contributed by atoms with E-state index in [2.05, 4.69) is 5.32 Å². The molecule has 0 bridgehead atoms. The molecule has 0 unspecified atom stereocenters. The van der Waals surface area contributed by atoms with Crippen LogP contribution in [0.2, 0.25) is 0 Å². The molecule has 0 fully saturated rings. The second kappa shape index (κ2) is 4.41. The summed E-state index contributed by atoms with van der Waals surface area (Å²) >= 11 is 0. The number of allylic oxidation sites excluding steroid dienone is 1. The third-order valence-electron chi connectivity index (χ3n) is 2.63. The molecule has 1 aliphatic rings. The zero-order valence-electron chi connectivity index (χ0n) is 9.49. The molecule has 1 amide bonds. The molecule has 88 valence electrons. The monoisotopic (exact) mass is 231 g/mol. The summed E-state index contributed by atoms with van der Waals surface area (Å²) in [7, 11) is 0. The molecule has 4 heteroatoms. The van der Waals surface area contributed by atoms with Gasteiger partial charge in [-0.2, -0.15) is 0 Å². The Balaban J connectivity index is 2.29. The van der Waals surface area contributed by atoms with Crippen molar-refractivity contribution in [3.8, 4) is 0 Å². The van der Waals surface area contributed by atoms with Gasteiger partial charge in [0.05, 0.1) is 0 Å². The summed E-state index contributed by atoms with van der Waals surface area (Å²) in [4.78, 5) is 23.3. The van der Waals surface area contributed by atoms with Crippen LogP contribution in [0.15, 0.2) is 30.0 Å². The maximum Gasteiger partial charge on any atom is 0.224 e. The fourth-order valence-corrected chi connectivity index (χ4v) is 1.81. The second-order valence-corrected chi connectivity index (χ2v) is 3.90. The van der Waals surface area contributed by atoms with E-state index in [-0.39, 0.29) is 23.1 Å². The summed E-state index contributed by atoms with van der Waals surface area (Å²) in [6.07, 6.45) is 1.03. The van der Waals surface area contributed by atoms with Crippen molar-refractivity contribution in [2.75, 3.05) is 0 Å². The van der Waals surface area contributed by atoms with Crippen LogP contribution in [-0.2, 0) is 4.79 Å². The number of hydrogen-bond donors (Lipinski definition) is 2. The molecular formula is C13H13NO3. The van der Waals surface area contributed by atoms with Gasteiger partial charge < -0.3 is 10.4 Å². The van der Waals surface area contributed by atoms with Crippen LogP contribution in [0.3, 0.4) is 0 Å². The van der Waals surface area contributed by atoms with Crippen molar-refractivity contribution in [2.45, 2.75) is 19.8 Å². The van der Waals surface area contributed by atoms with Gasteiger partial charge in [-0.3, -0.25) is 9.59 Å². The van der Waals surface area contributed by atoms with Gasteiger partial charge in [0.15, 0.2) is 5.76 Å². The van der Waals surface area contributed by atoms with Crippen LogP contribution in [0.5, 0.6) is 0 Å². The average Bonchev–Trinajstić information content (AvgIpc) is 2.56. The molecule has 2 rings (SSSR count). The number of fused-ring (bicyclic) bond motifs is 1. The highest BCUT2D eigenvalue weighted by Gasteiger charge is 2.30. The molecule has 0 aromatic heterocycles. The van der Waals surface area contributed by atoms with Crippen molar-refractivity contribution in [2.24, 2.45) is 0 Å². The highest BCUT2D eigenvalue weighted by molar-refractivity contribution is 6.20. The Morgan fingerprint density at radius 1 is 1.29 bits per heavy atom. The number of ketones is 1. The number of nitrogens with one attached hydrogen (secondary N) is 1. The van der Waals surface area contributed by atoms with Gasteiger partial charge in [0.2, 0.25) is 11.7 Å². The van der Waals surface area contributed by atoms with Crippen LogP contribution in [0.25, 0.3) is 5.76 Å². The van der Waals surface area contributed by atoms with E-state index in [9.17, 15) is 14.7 Å². The molecule has 0 heterocycles. The summed E-state index contributed by atoms with van der Waals surface area (Å²) in [6, 6.07) is 6.74. The van der Waals surface area contributed by atoms with Crippen molar-refractivity contribution in [3.63, 3.8) is 0 Å². The van der Waals surface area contributed by atoms with Gasteiger partial charge in [-0.25, -0.2) is 0 Å². The van der Waals surface area contributed by atoms with Gasteiger partial charge in [0.1, 0.15) is 5.70 Å². The van der Waals surface area contributed by atoms with Crippen LogP contribution in [0.4, 0.5) is 0 Å². The molecule has 0 radical (unpaired) electrons. The lowest BCUT2D eigenvalue weighted by Crippen LogP contribution is -2.26. The summed E-state index contributed by atoms with van der Waals surface area (Å²) in [5.41, 5.74) is 0.894. The molecule has 0 atom stereocenters. The Kier molecular flexibility index (Phi) is 2.95. The van der Waals surface area contributed by atoms with Crippen molar-refractivity contribution in [3.05, 3.63) is 41.1 Å². The number of benzene rings is 1. The molecular weight excluding hydrogens is 218 g/mol. The summed E-state index contributed by atoms with van der Waals surface area (Å²) in [6.45, 7) is 1.87. The molecule has 0 saturated carbocycles. The number of carbonyl (C=O) groups excluding carboxylic acids is 2. The van der Waals surface area contributed by atoms with Crippen LogP contribution >= 0.6 is 0 Å². The molecule has 2 N–H and O–H groups in total. The van der Waals surface area contributed by atoms with Crippen molar-refractivity contribution in [1.29, 1.82) is 0 Å². The predicted molar refractivity (Wildman–Crippen MR) is 63.4 cm³/mol. The highest BCUT2D eigenvalue weighted by atomic mass is 16.3. The van der Waals surface area contributed by atoms with E-state index in [1.807, 2.05) is 6.92 Å². The first-order chi connectivity index (χ1) is 8.15. The molecule has 0 aliphatic heterocycles. The number of amides is 1.